The highest BCUT2D eigenvalue weighted by Gasteiger charge is 1.81. The molecule has 11 heavy (non-hydrogen) atoms. The van der Waals surface area contributed by atoms with E-state index in [4.69, 9.17) is 4.74 Å². The molecule has 0 spiro atoms. The van der Waals surface area contributed by atoms with E-state index in [0.717, 1.165) is 0 Å². The molecule has 3 nitrogen and oxygen atoms in total. The lowest BCUT2D eigenvalue weighted by molar-refractivity contribution is 0.215. The molecule has 0 amide bonds. The van der Waals surface area contributed by atoms with Crippen molar-refractivity contribution in [2.75, 3.05) is 13.7 Å². The molecule has 0 N–H and O–H groups in total. The summed E-state index contributed by atoms with van der Waals surface area (Å²) in [5.74, 6) is 0.620. The molecule has 0 heterocycles. The highest BCUT2D eigenvalue weighted by Crippen LogP contribution is 1.93. The number of hydrogen-bond donors (Lipinski definition) is 0. The maximum absolute atomic E-state index is 5.04. The third-order valence-corrected chi connectivity index (χ3v) is 0.864. The first-order chi connectivity index (χ1) is 5.31. The Labute approximate surface area is 67.0 Å². The Morgan fingerprint density at radius 3 is 2.91 bits per heavy atom. The first-order valence-corrected chi connectivity index (χ1v) is 3.36. The molecule has 0 rings (SSSR count). The summed E-state index contributed by atoms with van der Waals surface area (Å²) in [5.41, 5.74) is 0. The minimum Gasteiger partial charge on any atom is -0.495 e. The zero-order valence-corrected chi connectivity index (χ0v) is 6.91. The van der Waals surface area contributed by atoms with Gasteiger partial charge in [-0.2, -0.15) is 0 Å². The van der Waals surface area contributed by atoms with Gasteiger partial charge in [-0.25, -0.2) is 0 Å². The number of oxime groups is 1. The van der Waals surface area contributed by atoms with E-state index < -0.39 is 0 Å². The van der Waals surface area contributed by atoms with Crippen LogP contribution in [0.4, 0.5) is 0 Å². The Kier molecular flexibility index (Phi) is 6.08. The molecule has 0 aliphatic carbocycles. The second kappa shape index (κ2) is 6.86. The molecule has 3 heteroatoms. The van der Waals surface area contributed by atoms with Crippen LogP contribution in [0.1, 0.15) is 6.92 Å². The normalized spacial score (nSPS) is 10.7. The molecule has 0 aromatic heterocycles. The number of ether oxygens (including phenoxy) is 1. The quantitative estimate of drug-likeness (QED) is 0.262. The van der Waals surface area contributed by atoms with E-state index in [-0.39, 0.29) is 0 Å². The average molecular weight is 155 g/mol. The highest BCUT2D eigenvalue weighted by molar-refractivity contribution is 5.70. The summed E-state index contributed by atoms with van der Waals surface area (Å²) in [4.78, 5) is 4.43. The molecular weight excluding hydrogens is 142 g/mol. The standard InChI is InChI=1S/C8H13NO2/c1-4-11-8(2)6-5-7-9-10-3/h5-7H,2,4H2,1,3H3/b6-5+,9-7+. The van der Waals surface area contributed by atoms with Gasteiger partial charge in [0.1, 0.15) is 12.9 Å². The highest BCUT2D eigenvalue weighted by atomic mass is 16.6. The first kappa shape index (κ1) is 9.75. The number of rotatable bonds is 5. The van der Waals surface area contributed by atoms with Crippen molar-refractivity contribution >= 4 is 6.21 Å². The van der Waals surface area contributed by atoms with E-state index in [0.29, 0.717) is 12.4 Å². The van der Waals surface area contributed by atoms with Gasteiger partial charge < -0.3 is 9.57 Å². The van der Waals surface area contributed by atoms with Crippen molar-refractivity contribution in [3.8, 4) is 0 Å². The molecule has 0 fully saturated rings. The summed E-state index contributed by atoms with van der Waals surface area (Å²) in [6.07, 6.45) is 4.93. The summed E-state index contributed by atoms with van der Waals surface area (Å²) < 4.78 is 5.04. The molecule has 0 aromatic carbocycles. The fourth-order valence-electron chi connectivity index (χ4n) is 0.480. The molecule has 0 bridgehead atoms. The summed E-state index contributed by atoms with van der Waals surface area (Å²) in [6.45, 7) is 6.17. The van der Waals surface area contributed by atoms with Crippen molar-refractivity contribution in [2.45, 2.75) is 6.92 Å². The van der Waals surface area contributed by atoms with Crippen LogP contribution < -0.4 is 0 Å². The monoisotopic (exact) mass is 155 g/mol. The number of allylic oxidation sites excluding steroid dienone is 2. The molecule has 62 valence electrons. The van der Waals surface area contributed by atoms with Crippen LogP contribution in [0.15, 0.2) is 29.6 Å². The number of hydrogen-bond acceptors (Lipinski definition) is 3. The van der Waals surface area contributed by atoms with Crippen molar-refractivity contribution in [1.29, 1.82) is 0 Å². The minimum absolute atomic E-state index is 0.620. The van der Waals surface area contributed by atoms with Crippen LogP contribution in [0.3, 0.4) is 0 Å². The molecule has 0 unspecified atom stereocenters. The van der Waals surface area contributed by atoms with Crippen molar-refractivity contribution in [3.05, 3.63) is 24.5 Å². The molecule has 0 saturated carbocycles. The lowest BCUT2D eigenvalue weighted by Crippen LogP contribution is -1.85. The Hall–Kier alpha value is -1.25. The van der Waals surface area contributed by atoms with E-state index in [1.54, 1.807) is 12.2 Å². The van der Waals surface area contributed by atoms with Crippen molar-refractivity contribution in [2.24, 2.45) is 5.16 Å². The van der Waals surface area contributed by atoms with Crippen LogP contribution in [-0.2, 0) is 9.57 Å². The van der Waals surface area contributed by atoms with Crippen molar-refractivity contribution < 1.29 is 9.57 Å². The van der Waals surface area contributed by atoms with Gasteiger partial charge in [-0.3, -0.25) is 0 Å². The predicted octanol–water partition coefficient (Wildman–Crippen LogP) is 1.72. The molecule has 0 saturated heterocycles. The van der Waals surface area contributed by atoms with Crippen LogP contribution in [0.25, 0.3) is 0 Å². The fourth-order valence-corrected chi connectivity index (χ4v) is 0.480. The SMILES string of the molecule is C=C(/C=C/C=N/OC)OCC. The maximum atomic E-state index is 5.04. The molecule has 0 radical (unpaired) electrons. The smallest absolute Gasteiger partial charge is 0.112 e. The Balaban J connectivity index is 3.56. The molecule has 0 aromatic rings. The van der Waals surface area contributed by atoms with Gasteiger partial charge in [-0.05, 0) is 19.1 Å². The predicted molar refractivity (Wildman–Crippen MR) is 45.4 cm³/mol. The topological polar surface area (TPSA) is 30.8 Å². The van der Waals surface area contributed by atoms with E-state index >= 15 is 0 Å². The molecule has 0 atom stereocenters. The zero-order chi connectivity index (χ0) is 8.53. The van der Waals surface area contributed by atoms with Crippen molar-refractivity contribution in [3.63, 3.8) is 0 Å². The van der Waals surface area contributed by atoms with Crippen LogP contribution in [0, 0.1) is 0 Å². The third-order valence-electron chi connectivity index (χ3n) is 0.864. The van der Waals surface area contributed by atoms with E-state index in [1.165, 1.54) is 13.3 Å². The van der Waals surface area contributed by atoms with Gasteiger partial charge in [0.2, 0.25) is 0 Å². The van der Waals surface area contributed by atoms with Gasteiger partial charge in [0, 0.05) is 0 Å². The van der Waals surface area contributed by atoms with Crippen LogP contribution in [-0.4, -0.2) is 19.9 Å². The summed E-state index contributed by atoms with van der Waals surface area (Å²) in [6, 6.07) is 0. The van der Waals surface area contributed by atoms with Crippen molar-refractivity contribution in [1.82, 2.24) is 0 Å². The van der Waals surface area contributed by atoms with E-state index in [9.17, 15) is 0 Å². The van der Waals surface area contributed by atoms with Gasteiger partial charge >= 0.3 is 0 Å². The summed E-state index contributed by atoms with van der Waals surface area (Å²) in [5, 5.41) is 3.50. The second-order valence-corrected chi connectivity index (χ2v) is 1.70. The Morgan fingerprint density at radius 1 is 1.64 bits per heavy atom. The van der Waals surface area contributed by atoms with Gasteiger partial charge in [-0.1, -0.05) is 11.7 Å². The van der Waals surface area contributed by atoms with E-state index in [2.05, 4.69) is 16.6 Å². The van der Waals surface area contributed by atoms with Gasteiger partial charge in [0.15, 0.2) is 0 Å². The van der Waals surface area contributed by atoms with Crippen LogP contribution in [0.2, 0.25) is 0 Å². The summed E-state index contributed by atoms with van der Waals surface area (Å²) >= 11 is 0. The summed E-state index contributed by atoms with van der Waals surface area (Å²) in [7, 11) is 1.49. The minimum atomic E-state index is 0.620. The van der Waals surface area contributed by atoms with Crippen LogP contribution >= 0.6 is 0 Å². The Morgan fingerprint density at radius 2 is 2.36 bits per heavy atom. The largest absolute Gasteiger partial charge is 0.495 e. The number of nitrogens with zero attached hydrogens (tertiary/aromatic N) is 1. The zero-order valence-electron chi connectivity index (χ0n) is 6.91. The van der Waals surface area contributed by atoms with Gasteiger partial charge in [-0.15, -0.1) is 0 Å². The van der Waals surface area contributed by atoms with Gasteiger partial charge in [0.25, 0.3) is 0 Å². The molecule has 0 aliphatic heterocycles. The second-order valence-electron chi connectivity index (χ2n) is 1.70. The van der Waals surface area contributed by atoms with Crippen LogP contribution in [0.5, 0.6) is 0 Å². The third kappa shape index (κ3) is 6.64. The lowest BCUT2D eigenvalue weighted by Gasteiger charge is -1.98. The van der Waals surface area contributed by atoms with E-state index in [1.807, 2.05) is 6.92 Å². The maximum Gasteiger partial charge on any atom is 0.112 e. The van der Waals surface area contributed by atoms with Gasteiger partial charge in [0.05, 0.1) is 12.8 Å². The average Bonchev–Trinajstić information content (AvgIpc) is 1.99. The Bertz CT molecular complexity index is 161. The fraction of sp³-hybridized carbons (Fsp3) is 0.375. The lowest BCUT2D eigenvalue weighted by atomic mass is 10.4. The first-order valence-electron chi connectivity index (χ1n) is 3.36. The molecular formula is C8H13NO2. The molecule has 0 aliphatic rings.